The molecule has 0 radical (unpaired) electrons. The molecule has 0 aromatic carbocycles. The third kappa shape index (κ3) is 3.51. The third-order valence-electron chi connectivity index (χ3n) is 2.16. The van der Waals surface area contributed by atoms with Crippen molar-refractivity contribution in [3.63, 3.8) is 0 Å². The quantitative estimate of drug-likeness (QED) is 0.756. The monoisotopic (exact) mass is 243 g/mol. The van der Waals surface area contributed by atoms with Gasteiger partial charge in [-0.15, -0.1) is 0 Å². The molecule has 0 saturated carbocycles. The van der Waals surface area contributed by atoms with Crippen LogP contribution in [0.3, 0.4) is 0 Å². The molecule has 6 nitrogen and oxygen atoms in total. The molecule has 2 aromatic heterocycles. The average molecular weight is 243 g/mol. The summed E-state index contributed by atoms with van der Waals surface area (Å²) < 4.78 is 0. The van der Waals surface area contributed by atoms with Gasteiger partial charge in [-0.25, -0.2) is 9.97 Å². The van der Waals surface area contributed by atoms with Gasteiger partial charge in [0.05, 0.1) is 0 Å². The van der Waals surface area contributed by atoms with Crippen LogP contribution in [0.1, 0.15) is 10.5 Å². The second-order valence-corrected chi connectivity index (χ2v) is 3.47. The van der Waals surface area contributed by atoms with Gasteiger partial charge in [0.15, 0.2) is 0 Å². The summed E-state index contributed by atoms with van der Waals surface area (Å²) in [5.74, 6) is 0.357. The molecule has 0 fully saturated rings. The Balaban J connectivity index is 1.72. The van der Waals surface area contributed by atoms with Crippen LogP contribution < -0.4 is 10.6 Å². The van der Waals surface area contributed by atoms with Crippen molar-refractivity contribution in [2.24, 2.45) is 0 Å². The fraction of sp³-hybridized carbons (Fsp3) is 0.167. The van der Waals surface area contributed by atoms with Gasteiger partial charge in [0, 0.05) is 31.7 Å². The Morgan fingerprint density at radius 1 is 1.00 bits per heavy atom. The number of anilines is 1. The number of nitrogens with zero attached hydrogens (tertiary/aromatic N) is 3. The van der Waals surface area contributed by atoms with Crippen molar-refractivity contribution in [2.75, 3.05) is 18.4 Å². The Labute approximate surface area is 105 Å². The first kappa shape index (κ1) is 12.0. The highest BCUT2D eigenvalue weighted by Crippen LogP contribution is 1.93. The predicted octanol–water partition coefficient (Wildman–Crippen LogP) is 0.713. The molecule has 2 aromatic rings. The summed E-state index contributed by atoms with van der Waals surface area (Å²) in [6.45, 7) is 1.04. The number of nitrogens with one attached hydrogen (secondary N) is 2. The summed E-state index contributed by atoms with van der Waals surface area (Å²) in [5, 5.41) is 5.74. The zero-order valence-corrected chi connectivity index (χ0v) is 9.71. The first-order valence-electron chi connectivity index (χ1n) is 5.56. The number of hydrogen-bond acceptors (Lipinski definition) is 5. The lowest BCUT2D eigenvalue weighted by molar-refractivity contribution is 0.0950. The largest absolute Gasteiger partial charge is 0.352 e. The Bertz CT molecular complexity index is 488. The molecular formula is C12H13N5O. The molecule has 0 atom stereocenters. The first-order chi connectivity index (χ1) is 8.86. The minimum absolute atomic E-state index is 0.189. The van der Waals surface area contributed by atoms with Crippen molar-refractivity contribution >= 4 is 11.9 Å². The summed E-state index contributed by atoms with van der Waals surface area (Å²) in [4.78, 5) is 23.6. The average Bonchev–Trinajstić information content (AvgIpc) is 2.45. The highest BCUT2D eigenvalue weighted by Gasteiger charge is 2.04. The maximum Gasteiger partial charge on any atom is 0.269 e. The second-order valence-electron chi connectivity index (χ2n) is 3.47. The lowest BCUT2D eigenvalue weighted by Gasteiger charge is -2.05. The molecule has 0 unspecified atom stereocenters. The minimum atomic E-state index is -0.189. The van der Waals surface area contributed by atoms with Crippen LogP contribution >= 0.6 is 0 Å². The van der Waals surface area contributed by atoms with Crippen LogP contribution in [0.15, 0.2) is 42.9 Å². The molecule has 2 heterocycles. The summed E-state index contributed by atoms with van der Waals surface area (Å²) in [6, 6.07) is 6.96. The number of carbonyl (C=O) groups excluding carboxylic acids is 1. The van der Waals surface area contributed by atoms with Crippen molar-refractivity contribution < 1.29 is 4.79 Å². The van der Waals surface area contributed by atoms with E-state index in [1.807, 2.05) is 0 Å². The van der Waals surface area contributed by atoms with Crippen LogP contribution in [0.2, 0.25) is 0 Å². The first-order valence-corrected chi connectivity index (χ1v) is 5.56. The standard InChI is InChI=1S/C12H13N5O/c18-11(10-4-1-2-5-13-10)14-8-9-17-12-15-6-3-7-16-12/h1-7H,8-9H2,(H,14,18)(H,15,16,17). The normalized spacial score (nSPS) is 9.78. The zero-order chi connectivity index (χ0) is 12.6. The van der Waals surface area contributed by atoms with E-state index in [9.17, 15) is 4.79 Å². The van der Waals surface area contributed by atoms with Gasteiger partial charge < -0.3 is 10.6 Å². The molecule has 92 valence electrons. The molecule has 0 saturated heterocycles. The molecule has 2 rings (SSSR count). The molecule has 0 aliphatic rings. The van der Waals surface area contributed by atoms with Crippen LogP contribution in [0.5, 0.6) is 0 Å². The van der Waals surface area contributed by atoms with Gasteiger partial charge in [-0.2, -0.15) is 0 Å². The summed E-state index contributed by atoms with van der Waals surface area (Å²) >= 11 is 0. The van der Waals surface area contributed by atoms with Crippen molar-refractivity contribution in [1.82, 2.24) is 20.3 Å². The Morgan fingerprint density at radius 3 is 2.50 bits per heavy atom. The number of hydrogen-bond donors (Lipinski definition) is 2. The van der Waals surface area contributed by atoms with Gasteiger partial charge in [-0.05, 0) is 18.2 Å². The topological polar surface area (TPSA) is 79.8 Å². The minimum Gasteiger partial charge on any atom is -0.352 e. The molecule has 1 amide bonds. The predicted molar refractivity (Wildman–Crippen MR) is 67.1 cm³/mol. The highest BCUT2D eigenvalue weighted by atomic mass is 16.1. The van der Waals surface area contributed by atoms with Crippen molar-refractivity contribution in [3.8, 4) is 0 Å². The maximum absolute atomic E-state index is 11.6. The molecule has 0 aliphatic heterocycles. The molecule has 0 spiro atoms. The smallest absolute Gasteiger partial charge is 0.269 e. The van der Waals surface area contributed by atoms with E-state index < -0.39 is 0 Å². The van der Waals surface area contributed by atoms with E-state index in [0.29, 0.717) is 24.7 Å². The van der Waals surface area contributed by atoms with E-state index in [1.54, 1.807) is 42.9 Å². The van der Waals surface area contributed by atoms with Gasteiger partial charge in [0.25, 0.3) is 5.91 Å². The second kappa shape index (κ2) is 6.29. The Morgan fingerprint density at radius 2 is 1.78 bits per heavy atom. The third-order valence-corrected chi connectivity index (χ3v) is 2.16. The molecule has 0 aliphatic carbocycles. The van der Waals surface area contributed by atoms with E-state index in [2.05, 4.69) is 25.6 Å². The van der Waals surface area contributed by atoms with E-state index in [1.165, 1.54) is 0 Å². The van der Waals surface area contributed by atoms with Crippen LogP contribution in [0.25, 0.3) is 0 Å². The number of aromatic nitrogens is 3. The number of carbonyl (C=O) groups is 1. The lowest BCUT2D eigenvalue weighted by atomic mass is 10.3. The van der Waals surface area contributed by atoms with E-state index in [0.717, 1.165) is 0 Å². The van der Waals surface area contributed by atoms with Crippen molar-refractivity contribution in [1.29, 1.82) is 0 Å². The molecule has 18 heavy (non-hydrogen) atoms. The van der Waals surface area contributed by atoms with E-state index in [-0.39, 0.29) is 5.91 Å². The summed E-state index contributed by atoms with van der Waals surface area (Å²) in [5.41, 5.74) is 0.411. The lowest BCUT2D eigenvalue weighted by Crippen LogP contribution is -2.29. The van der Waals surface area contributed by atoms with Gasteiger partial charge in [0.2, 0.25) is 5.95 Å². The molecular weight excluding hydrogens is 230 g/mol. The summed E-state index contributed by atoms with van der Waals surface area (Å²) in [6.07, 6.45) is 4.90. The van der Waals surface area contributed by atoms with Crippen molar-refractivity contribution in [2.45, 2.75) is 0 Å². The fourth-order valence-electron chi connectivity index (χ4n) is 1.33. The van der Waals surface area contributed by atoms with Gasteiger partial charge >= 0.3 is 0 Å². The number of amides is 1. The maximum atomic E-state index is 11.6. The van der Waals surface area contributed by atoms with Gasteiger partial charge in [-0.3, -0.25) is 9.78 Å². The molecule has 0 bridgehead atoms. The van der Waals surface area contributed by atoms with Gasteiger partial charge in [-0.1, -0.05) is 6.07 Å². The Hall–Kier alpha value is -2.50. The van der Waals surface area contributed by atoms with Crippen LogP contribution in [0.4, 0.5) is 5.95 Å². The number of pyridine rings is 1. The SMILES string of the molecule is O=C(NCCNc1ncccn1)c1ccccn1. The van der Waals surface area contributed by atoms with Gasteiger partial charge in [0.1, 0.15) is 5.69 Å². The van der Waals surface area contributed by atoms with E-state index in [4.69, 9.17) is 0 Å². The molecule has 6 heteroatoms. The van der Waals surface area contributed by atoms with Crippen LogP contribution in [-0.2, 0) is 0 Å². The Kier molecular flexibility index (Phi) is 4.18. The highest BCUT2D eigenvalue weighted by molar-refractivity contribution is 5.92. The fourth-order valence-corrected chi connectivity index (χ4v) is 1.33. The van der Waals surface area contributed by atoms with E-state index >= 15 is 0 Å². The molecule has 2 N–H and O–H groups in total. The van der Waals surface area contributed by atoms with Crippen LogP contribution in [0, 0.1) is 0 Å². The summed E-state index contributed by atoms with van der Waals surface area (Å²) in [7, 11) is 0. The van der Waals surface area contributed by atoms with Crippen LogP contribution in [-0.4, -0.2) is 33.9 Å². The zero-order valence-electron chi connectivity index (χ0n) is 9.71. The number of rotatable bonds is 5. The van der Waals surface area contributed by atoms with Crippen molar-refractivity contribution in [3.05, 3.63) is 48.5 Å².